The van der Waals surface area contributed by atoms with Crippen molar-refractivity contribution in [3.05, 3.63) is 35.6 Å². The lowest BCUT2D eigenvalue weighted by atomic mass is 9.67. The average molecular weight is 221 g/mol. The van der Waals surface area contributed by atoms with Gasteiger partial charge in [0, 0.05) is 18.0 Å². The number of carbonyl (C=O) groups is 1. The minimum absolute atomic E-state index is 0.0522. The third kappa shape index (κ3) is 1.55. The fraction of sp³-hybridized carbons (Fsp3) is 0.462. The second-order valence-electron chi connectivity index (χ2n) is 4.60. The summed E-state index contributed by atoms with van der Waals surface area (Å²) in [4.78, 5) is 12.0. The Bertz CT molecular complexity index is 418. The molecule has 3 heteroatoms. The molecule has 2 unspecified atom stereocenters. The minimum atomic E-state index is -0.858. The van der Waals surface area contributed by atoms with Crippen molar-refractivity contribution in [3.8, 4) is 0 Å². The Kier molecular flexibility index (Phi) is 2.80. The molecule has 1 saturated carbocycles. The largest absolute Gasteiger partial charge is 0.326 e. The van der Waals surface area contributed by atoms with Crippen LogP contribution >= 0.6 is 0 Å². The molecular formula is C13H16FNO. The third-order valence-corrected chi connectivity index (χ3v) is 3.67. The molecule has 0 amide bonds. The Hall–Kier alpha value is -1.22. The predicted molar refractivity (Wildman–Crippen MR) is 60.6 cm³/mol. The Balaban J connectivity index is 2.51. The number of nitrogens with two attached hydrogens (primary N) is 1. The molecule has 16 heavy (non-hydrogen) atoms. The van der Waals surface area contributed by atoms with Crippen molar-refractivity contribution in [2.75, 3.05) is 0 Å². The van der Waals surface area contributed by atoms with E-state index in [0.717, 1.165) is 12.8 Å². The van der Waals surface area contributed by atoms with Gasteiger partial charge in [0.05, 0.1) is 5.41 Å². The van der Waals surface area contributed by atoms with Crippen LogP contribution in [-0.2, 0) is 10.2 Å². The summed E-state index contributed by atoms with van der Waals surface area (Å²) in [5.74, 6) is -0.285. The molecule has 1 aliphatic rings. The van der Waals surface area contributed by atoms with Gasteiger partial charge < -0.3 is 5.73 Å². The van der Waals surface area contributed by atoms with E-state index in [2.05, 4.69) is 0 Å². The molecule has 0 radical (unpaired) electrons. The SMILES string of the molecule is CC1(c2ccccc2F)C(=O)CCCC1N. The Morgan fingerprint density at radius 1 is 1.44 bits per heavy atom. The van der Waals surface area contributed by atoms with Gasteiger partial charge in [-0.05, 0) is 25.8 Å². The second-order valence-corrected chi connectivity index (χ2v) is 4.60. The number of halogens is 1. The molecule has 0 aromatic heterocycles. The summed E-state index contributed by atoms with van der Waals surface area (Å²) in [6.07, 6.45) is 2.08. The fourth-order valence-electron chi connectivity index (χ4n) is 2.47. The smallest absolute Gasteiger partial charge is 0.144 e. The molecule has 2 N–H and O–H groups in total. The third-order valence-electron chi connectivity index (χ3n) is 3.67. The van der Waals surface area contributed by atoms with Crippen LogP contribution in [0.2, 0.25) is 0 Å². The van der Waals surface area contributed by atoms with Gasteiger partial charge in [-0.2, -0.15) is 0 Å². The normalized spacial score (nSPS) is 30.4. The molecule has 1 aromatic rings. The highest BCUT2D eigenvalue weighted by molar-refractivity contribution is 5.91. The van der Waals surface area contributed by atoms with Gasteiger partial charge in [-0.1, -0.05) is 18.2 Å². The molecule has 2 atom stereocenters. The molecule has 2 nitrogen and oxygen atoms in total. The molecule has 0 spiro atoms. The summed E-state index contributed by atoms with van der Waals surface area (Å²) in [5, 5.41) is 0. The summed E-state index contributed by atoms with van der Waals surface area (Å²) >= 11 is 0. The van der Waals surface area contributed by atoms with Gasteiger partial charge in [0.1, 0.15) is 11.6 Å². The van der Waals surface area contributed by atoms with E-state index in [4.69, 9.17) is 5.73 Å². The van der Waals surface area contributed by atoms with Crippen molar-refractivity contribution >= 4 is 5.78 Å². The van der Waals surface area contributed by atoms with Crippen molar-refractivity contribution in [2.24, 2.45) is 5.73 Å². The minimum Gasteiger partial charge on any atom is -0.326 e. The van der Waals surface area contributed by atoms with Crippen molar-refractivity contribution in [1.29, 1.82) is 0 Å². The van der Waals surface area contributed by atoms with Crippen molar-refractivity contribution in [1.82, 2.24) is 0 Å². The van der Waals surface area contributed by atoms with Crippen LogP contribution in [-0.4, -0.2) is 11.8 Å². The van der Waals surface area contributed by atoms with Crippen LogP contribution in [0.3, 0.4) is 0 Å². The van der Waals surface area contributed by atoms with Crippen molar-refractivity contribution < 1.29 is 9.18 Å². The average Bonchev–Trinajstić information content (AvgIpc) is 2.26. The summed E-state index contributed by atoms with van der Waals surface area (Å²) in [7, 11) is 0. The summed E-state index contributed by atoms with van der Waals surface area (Å²) in [6.45, 7) is 1.76. The van der Waals surface area contributed by atoms with E-state index >= 15 is 0 Å². The van der Waals surface area contributed by atoms with Crippen LogP contribution < -0.4 is 5.73 Å². The number of hydrogen-bond acceptors (Lipinski definition) is 2. The number of rotatable bonds is 1. The van der Waals surface area contributed by atoms with Crippen LogP contribution in [0.4, 0.5) is 4.39 Å². The highest BCUT2D eigenvalue weighted by Gasteiger charge is 2.44. The molecule has 0 saturated heterocycles. The lowest BCUT2D eigenvalue weighted by molar-refractivity contribution is -0.126. The van der Waals surface area contributed by atoms with Gasteiger partial charge in [0.15, 0.2) is 0 Å². The van der Waals surface area contributed by atoms with E-state index < -0.39 is 5.41 Å². The standard InChI is InChI=1S/C13H16FNO/c1-13(9-5-2-3-6-10(9)14)11(15)7-4-8-12(13)16/h2-3,5-6,11H,4,7-8,15H2,1H3. The number of Topliss-reactive ketones (excluding diaryl/α,β-unsaturated/α-hetero) is 1. The van der Waals surface area contributed by atoms with E-state index in [1.54, 1.807) is 25.1 Å². The predicted octanol–water partition coefficient (Wildman–Crippen LogP) is 2.16. The Morgan fingerprint density at radius 3 is 2.75 bits per heavy atom. The molecule has 0 bridgehead atoms. The van der Waals surface area contributed by atoms with Crippen LogP contribution in [0.5, 0.6) is 0 Å². The van der Waals surface area contributed by atoms with Crippen LogP contribution in [0.1, 0.15) is 31.7 Å². The zero-order valence-electron chi connectivity index (χ0n) is 9.37. The zero-order valence-corrected chi connectivity index (χ0v) is 9.37. The lowest BCUT2D eigenvalue weighted by Crippen LogP contribution is -2.52. The van der Waals surface area contributed by atoms with E-state index in [1.807, 2.05) is 0 Å². The number of hydrogen-bond donors (Lipinski definition) is 1. The summed E-state index contributed by atoms with van der Waals surface area (Å²) in [5.41, 5.74) is 5.60. The van der Waals surface area contributed by atoms with Crippen molar-refractivity contribution in [2.45, 2.75) is 37.6 Å². The zero-order chi connectivity index (χ0) is 11.8. The topological polar surface area (TPSA) is 43.1 Å². The summed E-state index contributed by atoms with van der Waals surface area (Å²) < 4.78 is 13.8. The molecule has 1 aromatic carbocycles. The highest BCUT2D eigenvalue weighted by atomic mass is 19.1. The first-order chi connectivity index (χ1) is 7.56. The van der Waals surface area contributed by atoms with Gasteiger partial charge in [0.25, 0.3) is 0 Å². The van der Waals surface area contributed by atoms with Crippen LogP contribution in [0, 0.1) is 5.82 Å². The van der Waals surface area contributed by atoms with Crippen LogP contribution in [0.15, 0.2) is 24.3 Å². The van der Waals surface area contributed by atoms with Gasteiger partial charge in [-0.25, -0.2) is 4.39 Å². The Morgan fingerprint density at radius 2 is 2.12 bits per heavy atom. The molecule has 1 fully saturated rings. The molecule has 0 heterocycles. The maximum atomic E-state index is 13.8. The van der Waals surface area contributed by atoms with Gasteiger partial charge in [-0.15, -0.1) is 0 Å². The van der Waals surface area contributed by atoms with Gasteiger partial charge in [-0.3, -0.25) is 4.79 Å². The first-order valence-corrected chi connectivity index (χ1v) is 5.60. The monoisotopic (exact) mass is 221 g/mol. The summed E-state index contributed by atoms with van der Waals surface area (Å²) in [6, 6.07) is 6.14. The van der Waals surface area contributed by atoms with E-state index in [9.17, 15) is 9.18 Å². The lowest BCUT2D eigenvalue weighted by Gasteiger charge is -2.38. The molecule has 86 valence electrons. The fourth-order valence-corrected chi connectivity index (χ4v) is 2.47. The Labute approximate surface area is 94.6 Å². The first kappa shape index (κ1) is 11.3. The van der Waals surface area contributed by atoms with E-state index in [-0.39, 0.29) is 17.6 Å². The number of ketones is 1. The quantitative estimate of drug-likeness (QED) is 0.789. The maximum absolute atomic E-state index is 13.8. The number of carbonyl (C=O) groups excluding carboxylic acids is 1. The van der Waals surface area contributed by atoms with E-state index in [0.29, 0.717) is 12.0 Å². The molecule has 2 rings (SSSR count). The molecular weight excluding hydrogens is 205 g/mol. The maximum Gasteiger partial charge on any atom is 0.144 e. The number of benzene rings is 1. The highest BCUT2D eigenvalue weighted by Crippen LogP contribution is 2.36. The second kappa shape index (κ2) is 3.98. The van der Waals surface area contributed by atoms with Gasteiger partial charge in [0.2, 0.25) is 0 Å². The molecule has 1 aliphatic carbocycles. The molecule has 0 aliphatic heterocycles. The first-order valence-electron chi connectivity index (χ1n) is 5.60. The van der Waals surface area contributed by atoms with Crippen LogP contribution in [0.25, 0.3) is 0 Å². The van der Waals surface area contributed by atoms with E-state index in [1.165, 1.54) is 6.07 Å². The van der Waals surface area contributed by atoms with Crippen molar-refractivity contribution in [3.63, 3.8) is 0 Å². The van der Waals surface area contributed by atoms with Gasteiger partial charge >= 0.3 is 0 Å².